The van der Waals surface area contributed by atoms with Crippen LogP contribution in [0.2, 0.25) is 0 Å². The third-order valence-electron chi connectivity index (χ3n) is 4.34. The van der Waals surface area contributed by atoms with Crippen molar-refractivity contribution < 1.29 is 19.1 Å². The zero-order valence-electron chi connectivity index (χ0n) is 14.5. The summed E-state index contributed by atoms with van der Waals surface area (Å²) in [6.07, 6.45) is 5.34. The summed E-state index contributed by atoms with van der Waals surface area (Å²) in [5.74, 6) is -0.118. The topological polar surface area (TPSA) is 67.9 Å². The van der Waals surface area contributed by atoms with Crippen LogP contribution in [-0.2, 0) is 14.3 Å². The molecule has 0 spiro atoms. The molecule has 23 heavy (non-hydrogen) atoms. The molecular formula is C17H28N2O4. The summed E-state index contributed by atoms with van der Waals surface area (Å²) in [6, 6.07) is 0.0507. The zero-order chi connectivity index (χ0) is 17.0. The molecule has 1 amide bonds. The fourth-order valence-electron chi connectivity index (χ4n) is 3.28. The molecule has 0 bridgehead atoms. The third-order valence-corrected chi connectivity index (χ3v) is 4.34. The number of esters is 1. The number of ether oxygens (including phenoxy) is 2. The largest absolute Gasteiger partial charge is 0.469 e. The summed E-state index contributed by atoms with van der Waals surface area (Å²) in [6.45, 7) is 7.60. The molecular weight excluding hydrogens is 296 g/mol. The lowest BCUT2D eigenvalue weighted by molar-refractivity contribution is -0.146. The van der Waals surface area contributed by atoms with Crippen LogP contribution in [0.3, 0.4) is 0 Å². The SMILES string of the molecule is COC(=O)[C@H]1CNC[C@@H]([C@H]2CC=CCN2C(=O)OC(C)(C)C)C1. The van der Waals surface area contributed by atoms with Crippen molar-refractivity contribution in [1.82, 2.24) is 10.2 Å². The lowest BCUT2D eigenvalue weighted by Gasteiger charge is -2.41. The number of hydrogen-bond acceptors (Lipinski definition) is 5. The van der Waals surface area contributed by atoms with Crippen molar-refractivity contribution in [3.05, 3.63) is 12.2 Å². The van der Waals surface area contributed by atoms with Gasteiger partial charge >= 0.3 is 12.1 Å². The van der Waals surface area contributed by atoms with Gasteiger partial charge in [-0.2, -0.15) is 0 Å². The van der Waals surface area contributed by atoms with Crippen LogP contribution in [0.5, 0.6) is 0 Å². The average molecular weight is 324 g/mol. The fourth-order valence-corrected chi connectivity index (χ4v) is 3.28. The van der Waals surface area contributed by atoms with Crippen molar-refractivity contribution in [2.24, 2.45) is 11.8 Å². The Morgan fingerprint density at radius 1 is 1.22 bits per heavy atom. The summed E-state index contributed by atoms with van der Waals surface area (Å²) in [7, 11) is 1.42. The highest BCUT2D eigenvalue weighted by molar-refractivity contribution is 5.73. The van der Waals surface area contributed by atoms with Gasteiger partial charge in [0.05, 0.1) is 13.0 Å². The Hall–Kier alpha value is -1.56. The van der Waals surface area contributed by atoms with Gasteiger partial charge in [0.15, 0.2) is 0 Å². The van der Waals surface area contributed by atoms with Gasteiger partial charge in [0.2, 0.25) is 0 Å². The quantitative estimate of drug-likeness (QED) is 0.621. The maximum atomic E-state index is 12.5. The summed E-state index contributed by atoms with van der Waals surface area (Å²) >= 11 is 0. The van der Waals surface area contributed by atoms with E-state index in [1.54, 1.807) is 4.90 Å². The van der Waals surface area contributed by atoms with Crippen LogP contribution < -0.4 is 5.32 Å². The Morgan fingerprint density at radius 3 is 2.61 bits per heavy atom. The molecule has 0 radical (unpaired) electrons. The Bertz CT molecular complexity index is 470. The molecule has 0 aliphatic carbocycles. The molecule has 0 aromatic heterocycles. The van der Waals surface area contributed by atoms with Crippen LogP contribution in [-0.4, -0.2) is 55.3 Å². The van der Waals surface area contributed by atoms with Crippen molar-refractivity contribution in [3.63, 3.8) is 0 Å². The predicted molar refractivity (Wildman–Crippen MR) is 87.0 cm³/mol. The lowest BCUT2D eigenvalue weighted by atomic mass is 9.82. The van der Waals surface area contributed by atoms with E-state index in [-0.39, 0.29) is 29.9 Å². The molecule has 2 aliphatic rings. The molecule has 6 heteroatoms. The van der Waals surface area contributed by atoms with Gasteiger partial charge in [-0.25, -0.2) is 4.79 Å². The molecule has 1 N–H and O–H groups in total. The summed E-state index contributed by atoms with van der Waals surface area (Å²) < 4.78 is 10.4. The Balaban J connectivity index is 2.07. The average Bonchev–Trinajstić information content (AvgIpc) is 2.52. The van der Waals surface area contributed by atoms with Crippen molar-refractivity contribution in [1.29, 1.82) is 0 Å². The van der Waals surface area contributed by atoms with Crippen molar-refractivity contribution >= 4 is 12.1 Å². The van der Waals surface area contributed by atoms with E-state index in [1.807, 2.05) is 26.8 Å². The smallest absolute Gasteiger partial charge is 0.410 e. The van der Waals surface area contributed by atoms with Crippen LogP contribution in [0, 0.1) is 11.8 Å². The maximum absolute atomic E-state index is 12.5. The van der Waals surface area contributed by atoms with E-state index in [0.717, 1.165) is 19.4 Å². The van der Waals surface area contributed by atoms with Gasteiger partial charge in [-0.15, -0.1) is 0 Å². The minimum absolute atomic E-state index is 0.0507. The maximum Gasteiger partial charge on any atom is 0.410 e. The van der Waals surface area contributed by atoms with E-state index >= 15 is 0 Å². The number of nitrogens with zero attached hydrogens (tertiary/aromatic N) is 1. The second-order valence-electron chi connectivity index (χ2n) is 7.28. The lowest BCUT2D eigenvalue weighted by Crippen LogP contribution is -2.53. The highest BCUT2D eigenvalue weighted by Gasteiger charge is 2.38. The van der Waals surface area contributed by atoms with Gasteiger partial charge in [0.1, 0.15) is 5.60 Å². The molecule has 2 rings (SSSR count). The monoisotopic (exact) mass is 324 g/mol. The molecule has 2 heterocycles. The summed E-state index contributed by atoms with van der Waals surface area (Å²) in [4.78, 5) is 26.1. The number of hydrogen-bond donors (Lipinski definition) is 1. The van der Waals surface area contributed by atoms with Gasteiger partial charge in [-0.3, -0.25) is 4.79 Å². The molecule has 1 saturated heterocycles. The molecule has 6 nitrogen and oxygen atoms in total. The third kappa shape index (κ3) is 4.70. The van der Waals surface area contributed by atoms with Crippen molar-refractivity contribution in [2.75, 3.05) is 26.7 Å². The van der Waals surface area contributed by atoms with Gasteiger partial charge in [0.25, 0.3) is 0 Å². The highest BCUT2D eigenvalue weighted by atomic mass is 16.6. The minimum Gasteiger partial charge on any atom is -0.469 e. The van der Waals surface area contributed by atoms with Gasteiger partial charge < -0.3 is 19.7 Å². The zero-order valence-corrected chi connectivity index (χ0v) is 14.5. The van der Waals surface area contributed by atoms with E-state index < -0.39 is 5.60 Å². The van der Waals surface area contributed by atoms with Gasteiger partial charge in [-0.05, 0) is 46.1 Å². The Labute approximate surface area is 138 Å². The molecule has 2 aliphatic heterocycles. The van der Waals surface area contributed by atoms with Crippen molar-refractivity contribution in [2.45, 2.75) is 45.3 Å². The second-order valence-corrected chi connectivity index (χ2v) is 7.28. The first-order chi connectivity index (χ1) is 10.8. The van der Waals surface area contributed by atoms with E-state index in [2.05, 4.69) is 11.4 Å². The van der Waals surface area contributed by atoms with E-state index in [1.165, 1.54) is 7.11 Å². The number of rotatable bonds is 2. The number of amides is 1. The first-order valence-corrected chi connectivity index (χ1v) is 8.25. The molecule has 0 saturated carbocycles. The highest BCUT2D eigenvalue weighted by Crippen LogP contribution is 2.29. The van der Waals surface area contributed by atoms with Crippen LogP contribution in [0.1, 0.15) is 33.6 Å². The number of methoxy groups -OCH3 is 1. The number of carbonyl (C=O) groups is 2. The second kappa shape index (κ2) is 7.34. The molecule has 0 aromatic rings. The van der Waals surface area contributed by atoms with Gasteiger partial charge in [-0.1, -0.05) is 12.2 Å². The van der Waals surface area contributed by atoms with Crippen LogP contribution >= 0.6 is 0 Å². The normalized spacial score (nSPS) is 28.3. The first-order valence-electron chi connectivity index (χ1n) is 8.25. The van der Waals surface area contributed by atoms with Crippen LogP contribution in [0.25, 0.3) is 0 Å². The predicted octanol–water partition coefficient (Wildman–Crippen LogP) is 1.95. The summed E-state index contributed by atoms with van der Waals surface area (Å²) in [5.41, 5.74) is -0.512. The Kier molecular flexibility index (Phi) is 5.68. The fraction of sp³-hybridized carbons (Fsp3) is 0.765. The Morgan fingerprint density at radius 2 is 1.96 bits per heavy atom. The van der Waals surface area contributed by atoms with Gasteiger partial charge in [0, 0.05) is 19.1 Å². The molecule has 0 aromatic carbocycles. The molecule has 0 unspecified atom stereocenters. The number of nitrogens with one attached hydrogen (secondary N) is 1. The van der Waals surface area contributed by atoms with Crippen LogP contribution in [0.15, 0.2) is 12.2 Å². The molecule has 3 atom stereocenters. The van der Waals surface area contributed by atoms with Crippen molar-refractivity contribution in [3.8, 4) is 0 Å². The molecule has 1 fully saturated rings. The molecule has 130 valence electrons. The van der Waals surface area contributed by atoms with E-state index in [4.69, 9.17) is 9.47 Å². The number of piperidine rings is 1. The standard InChI is InChI=1S/C17H28N2O4/c1-17(2,3)23-16(21)19-8-6-5-7-14(19)12-9-13(11-18-10-12)15(20)22-4/h5-6,12-14,18H,7-11H2,1-4H3/t12-,13+,14+/m0/s1. The number of carbonyl (C=O) groups excluding carboxylic acids is 2. The van der Waals surface area contributed by atoms with Crippen LogP contribution in [0.4, 0.5) is 4.79 Å². The summed E-state index contributed by atoms with van der Waals surface area (Å²) in [5, 5.41) is 3.30. The van der Waals surface area contributed by atoms with E-state index in [0.29, 0.717) is 13.1 Å². The van der Waals surface area contributed by atoms with E-state index in [9.17, 15) is 9.59 Å². The first kappa shape index (κ1) is 17.8. The minimum atomic E-state index is -0.512.